The quantitative estimate of drug-likeness (QED) is 0.598. The number of amides is 2. The first kappa shape index (κ1) is 18.3. The molecule has 27 heavy (non-hydrogen) atoms. The van der Waals surface area contributed by atoms with Crippen molar-refractivity contribution in [2.75, 3.05) is 10.6 Å². The lowest BCUT2D eigenvalue weighted by Gasteiger charge is -2.11. The molecule has 6 nitrogen and oxygen atoms in total. The predicted octanol–water partition coefficient (Wildman–Crippen LogP) is 3.97. The van der Waals surface area contributed by atoms with Crippen LogP contribution in [-0.4, -0.2) is 16.9 Å². The van der Waals surface area contributed by atoms with Crippen molar-refractivity contribution in [2.45, 2.75) is 6.92 Å². The fourth-order valence-corrected chi connectivity index (χ4v) is 2.61. The molecule has 3 rings (SSSR count). The van der Waals surface area contributed by atoms with Gasteiger partial charge in [-0.15, -0.1) is 0 Å². The van der Waals surface area contributed by atoms with Crippen LogP contribution in [0.2, 0.25) is 0 Å². The molecule has 3 aromatic rings. The zero-order chi connectivity index (χ0) is 19.2. The Morgan fingerprint density at radius 1 is 0.889 bits per heavy atom. The summed E-state index contributed by atoms with van der Waals surface area (Å²) in [5.41, 5.74) is 2.70. The van der Waals surface area contributed by atoms with Gasteiger partial charge in [-0.25, -0.2) is 0 Å². The van der Waals surface area contributed by atoms with Crippen molar-refractivity contribution in [1.29, 1.82) is 0 Å². The number of carbonyl (C=O) groups is 2. The summed E-state index contributed by atoms with van der Waals surface area (Å²) in [6, 6.07) is 17.4. The maximum absolute atomic E-state index is 12.2. The minimum absolute atomic E-state index is 0.163. The summed E-state index contributed by atoms with van der Waals surface area (Å²) >= 11 is 5.20. The molecule has 3 N–H and O–H groups in total. The third-order valence-electron chi connectivity index (χ3n) is 3.63. The van der Waals surface area contributed by atoms with Crippen molar-refractivity contribution in [3.8, 4) is 0 Å². The molecule has 1 heterocycles. The Labute approximate surface area is 161 Å². The highest BCUT2D eigenvalue weighted by molar-refractivity contribution is 7.80. The normalized spacial score (nSPS) is 10.1. The summed E-state index contributed by atoms with van der Waals surface area (Å²) in [7, 11) is 0. The Morgan fingerprint density at radius 3 is 2.33 bits per heavy atom. The van der Waals surface area contributed by atoms with E-state index in [0.717, 1.165) is 5.56 Å². The number of carbonyl (C=O) groups excluding carboxylic acids is 2. The Balaban J connectivity index is 1.61. The molecule has 1 aromatic heterocycles. The van der Waals surface area contributed by atoms with Crippen LogP contribution in [0, 0.1) is 6.92 Å². The molecule has 0 saturated heterocycles. The number of hydrogen-bond acceptors (Lipinski definition) is 4. The lowest BCUT2D eigenvalue weighted by molar-refractivity contribution is 0.0975. The number of aryl methyl sites for hydroxylation is 1. The van der Waals surface area contributed by atoms with Gasteiger partial charge in [0.1, 0.15) is 0 Å². The molecular formula is C20H17N3O3S. The fourth-order valence-electron chi connectivity index (χ4n) is 2.40. The second-order valence-electron chi connectivity index (χ2n) is 5.79. The molecular weight excluding hydrogens is 362 g/mol. The molecule has 0 saturated carbocycles. The Morgan fingerprint density at radius 2 is 1.63 bits per heavy atom. The number of benzene rings is 2. The van der Waals surface area contributed by atoms with Crippen LogP contribution in [0.15, 0.2) is 71.3 Å². The largest absolute Gasteiger partial charge is 0.459 e. The van der Waals surface area contributed by atoms with Crippen molar-refractivity contribution in [3.05, 3.63) is 83.8 Å². The van der Waals surface area contributed by atoms with E-state index in [-0.39, 0.29) is 22.7 Å². The average molecular weight is 379 g/mol. The van der Waals surface area contributed by atoms with E-state index in [2.05, 4.69) is 16.0 Å². The lowest BCUT2D eigenvalue weighted by Crippen LogP contribution is -2.34. The van der Waals surface area contributed by atoms with Gasteiger partial charge in [-0.2, -0.15) is 0 Å². The Kier molecular flexibility index (Phi) is 5.63. The zero-order valence-corrected chi connectivity index (χ0v) is 15.3. The summed E-state index contributed by atoms with van der Waals surface area (Å²) in [5.74, 6) is -0.430. The van der Waals surface area contributed by atoms with Crippen LogP contribution in [0.4, 0.5) is 11.4 Å². The van der Waals surface area contributed by atoms with E-state index in [1.54, 1.807) is 48.5 Å². The fraction of sp³-hybridized carbons (Fsp3) is 0.0500. The molecule has 2 aromatic carbocycles. The van der Waals surface area contributed by atoms with E-state index in [1.807, 2.05) is 19.1 Å². The van der Waals surface area contributed by atoms with Crippen LogP contribution in [-0.2, 0) is 0 Å². The van der Waals surface area contributed by atoms with Crippen molar-refractivity contribution < 1.29 is 14.0 Å². The first-order valence-electron chi connectivity index (χ1n) is 8.15. The average Bonchev–Trinajstić information content (AvgIpc) is 3.16. The number of rotatable bonds is 4. The summed E-state index contributed by atoms with van der Waals surface area (Å²) in [4.78, 5) is 24.3. The van der Waals surface area contributed by atoms with Crippen LogP contribution in [0.5, 0.6) is 0 Å². The van der Waals surface area contributed by atoms with Crippen LogP contribution in [0.3, 0.4) is 0 Å². The molecule has 0 bridgehead atoms. The van der Waals surface area contributed by atoms with Crippen LogP contribution >= 0.6 is 12.2 Å². The summed E-state index contributed by atoms with van der Waals surface area (Å²) in [6.45, 7) is 1.91. The lowest BCUT2D eigenvalue weighted by atomic mass is 10.1. The van der Waals surface area contributed by atoms with Crippen molar-refractivity contribution in [2.24, 2.45) is 0 Å². The molecule has 0 atom stereocenters. The van der Waals surface area contributed by atoms with Crippen molar-refractivity contribution in [3.63, 3.8) is 0 Å². The second kappa shape index (κ2) is 8.29. The van der Waals surface area contributed by atoms with Gasteiger partial charge in [0, 0.05) is 16.9 Å². The predicted molar refractivity (Wildman–Crippen MR) is 108 cm³/mol. The molecule has 0 radical (unpaired) electrons. The topological polar surface area (TPSA) is 83.4 Å². The minimum Gasteiger partial charge on any atom is -0.459 e. The van der Waals surface area contributed by atoms with E-state index in [4.69, 9.17) is 16.6 Å². The number of hydrogen-bond donors (Lipinski definition) is 3. The maximum atomic E-state index is 12.2. The second-order valence-corrected chi connectivity index (χ2v) is 6.20. The zero-order valence-electron chi connectivity index (χ0n) is 14.5. The molecule has 0 aliphatic rings. The van der Waals surface area contributed by atoms with Crippen LogP contribution in [0.1, 0.15) is 26.5 Å². The van der Waals surface area contributed by atoms with Crippen molar-refractivity contribution in [1.82, 2.24) is 5.32 Å². The van der Waals surface area contributed by atoms with Crippen LogP contribution < -0.4 is 16.0 Å². The standard InChI is InChI=1S/C20H17N3O3S/c1-13-5-2-6-14(11-13)18(24)23-20(27)22-16-8-3-7-15(12-16)21-19(25)17-9-4-10-26-17/h2-12H,1H3,(H,21,25)(H2,22,23,24,27). The molecule has 0 aliphatic heterocycles. The van der Waals surface area contributed by atoms with Gasteiger partial charge >= 0.3 is 0 Å². The summed E-state index contributed by atoms with van der Waals surface area (Å²) in [6.07, 6.45) is 1.43. The molecule has 0 unspecified atom stereocenters. The monoisotopic (exact) mass is 379 g/mol. The number of furan rings is 1. The number of nitrogens with one attached hydrogen (secondary N) is 3. The SMILES string of the molecule is Cc1cccc(C(=O)NC(=S)Nc2cccc(NC(=O)c3ccco3)c2)c1. The molecule has 2 amide bonds. The van der Waals surface area contributed by atoms with Gasteiger partial charge in [0.15, 0.2) is 10.9 Å². The molecule has 7 heteroatoms. The van der Waals surface area contributed by atoms with E-state index >= 15 is 0 Å². The molecule has 0 spiro atoms. The molecule has 0 fully saturated rings. The first-order chi connectivity index (χ1) is 13.0. The van der Waals surface area contributed by atoms with E-state index in [0.29, 0.717) is 16.9 Å². The van der Waals surface area contributed by atoms with Gasteiger partial charge in [0.05, 0.1) is 6.26 Å². The van der Waals surface area contributed by atoms with Gasteiger partial charge in [-0.1, -0.05) is 23.8 Å². The van der Waals surface area contributed by atoms with E-state index in [9.17, 15) is 9.59 Å². The van der Waals surface area contributed by atoms with Crippen LogP contribution in [0.25, 0.3) is 0 Å². The maximum Gasteiger partial charge on any atom is 0.291 e. The van der Waals surface area contributed by atoms with Crippen molar-refractivity contribution >= 4 is 40.5 Å². The van der Waals surface area contributed by atoms with E-state index in [1.165, 1.54) is 6.26 Å². The highest BCUT2D eigenvalue weighted by Gasteiger charge is 2.10. The summed E-state index contributed by atoms with van der Waals surface area (Å²) < 4.78 is 5.06. The minimum atomic E-state index is -0.354. The van der Waals surface area contributed by atoms with Gasteiger partial charge in [0.25, 0.3) is 11.8 Å². The van der Waals surface area contributed by atoms with Gasteiger partial charge in [-0.3, -0.25) is 14.9 Å². The highest BCUT2D eigenvalue weighted by Crippen LogP contribution is 2.16. The third kappa shape index (κ3) is 5.02. The third-order valence-corrected chi connectivity index (χ3v) is 3.83. The smallest absolute Gasteiger partial charge is 0.291 e. The summed E-state index contributed by atoms with van der Waals surface area (Å²) in [5, 5.41) is 8.45. The van der Waals surface area contributed by atoms with Gasteiger partial charge in [0.2, 0.25) is 0 Å². The number of anilines is 2. The Hall–Kier alpha value is -3.45. The first-order valence-corrected chi connectivity index (χ1v) is 8.56. The van der Waals surface area contributed by atoms with E-state index < -0.39 is 0 Å². The highest BCUT2D eigenvalue weighted by atomic mass is 32.1. The van der Waals surface area contributed by atoms with Gasteiger partial charge < -0.3 is 15.1 Å². The van der Waals surface area contributed by atoms with Gasteiger partial charge in [-0.05, 0) is 61.6 Å². The number of thiocarbonyl (C=S) groups is 1. The molecule has 136 valence electrons. The molecule has 0 aliphatic carbocycles. The Bertz CT molecular complexity index is 984.